The van der Waals surface area contributed by atoms with Crippen LogP contribution in [0.2, 0.25) is 0 Å². The second-order valence-electron chi connectivity index (χ2n) is 5.28. The standard InChI is InChI=1S/C14H22N2O4/c1-5-19-12(17)11-10(6-8-15-11)7-9-16-13(18)20-14(2,3)4/h6,8,15H,5,7,9H2,1-4H3,(H,16,18). The highest BCUT2D eigenvalue weighted by Crippen LogP contribution is 2.09. The molecule has 1 heterocycles. The Labute approximate surface area is 118 Å². The summed E-state index contributed by atoms with van der Waals surface area (Å²) in [6, 6.07) is 1.79. The van der Waals surface area contributed by atoms with Gasteiger partial charge in [0.1, 0.15) is 11.3 Å². The van der Waals surface area contributed by atoms with Gasteiger partial charge >= 0.3 is 12.1 Å². The normalized spacial score (nSPS) is 11.0. The van der Waals surface area contributed by atoms with E-state index in [1.54, 1.807) is 40.0 Å². The molecule has 0 aliphatic carbocycles. The molecule has 0 saturated heterocycles. The summed E-state index contributed by atoms with van der Waals surface area (Å²) < 4.78 is 10.1. The topological polar surface area (TPSA) is 80.4 Å². The highest BCUT2D eigenvalue weighted by molar-refractivity contribution is 5.89. The number of ether oxygens (including phenoxy) is 2. The fourth-order valence-corrected chi connectivity index (χ4v) is 1.62. The molecule has 0 saturated carbocycles. The molecule has 0 spiro atoms. The van der Waals surface area contributed by atoms with E-state index in [0.29, 0.717) is 25.3 Å². The summed E-state index contributed by atoms with van der Waals surface area (Å²) in [7, 11) is 0. The molecule has 0 atom stereocenters. The first-order valence-electron chi connectivity index (χ1n) is 6.63. The van der Waals surface area contributed by atoms with Gasteiger partial charge in [-0.2, -0.15) is 0 Å². The van der Waals surface area contributed by atoms with Crippen molar-refractivity contribution in [3.63, 3.8) is 0 Å². The van der Waals surface area contributed by atoms with Crippen molar-refractivity contribution < 1.29 is 19.1 Å². The Morgan fingerprint density at radius 2 is 2.05 bits per heavy atom. The molecule has 0 fully saturated rings. The third-order valence-corrected chi connectivity index (χ3v) is 2.38. The maximum Gasteiger partial charge on any atom is 0.407 e. The molecule has 0 aliphatic rings. The number of alkyl carbamates (subject to hydrolysis) is 1. The monoisotopic (exact) mass is 282 g/mol. The number of rotatable bonds is 5. The largest absolute Gasteiger partial charge is 0.461 e. The van der Waals surface area contributed by atoms with Gasteiger partial charge in [0.15, 0.2) is 0 Å². The molecule has 0 bridgehead atoms. The summed E-state index contributed by atoms with van der Waals surface area (Å²) in [5.74, 6) is -0.384. The third-order valence-electron chi connectivity index (χ3n) is 2.38. The lowest BCUT2D eigenvalue weighted by Crippen LogP contribution is -2.33. The summed E-state index contributed by atoms with van der Waals surface area (Å²) in [4.78, 5) is 26.0. The van der Waals surface area contributed by atoms with Gasteiger partial charge < -0.3 is 19.8 Å². The quantitative estimate of drug-likeness (QED) is 0.812. The summed E-state index contributed by atoms with van der Waals surface area (Å²) in [6.07, 6.45) is 1.73. The molecule has 0 aromatic carbocycles. The van der Waals surface area contributed by atoms with Crippen molar-refractivity contribution >= 4 is 12.1 Å². The van der Waals surface area contributed by atoms with Crippen LogP contribution < -0.4 is 5.32 Å². The Bertz CT molecular complexity index is 460. The van der Waals surface area contributed by atoms with Crippen LogP contribution in [0.3, 0.4) is 0 Å². The van der Waals surface area contributed by atoms with Crippen LogP contribution in [0.15, 0.2) is 12.3 Å². The van der Waals surface area contributed by atoms with Gasteiger partial charge in [-0.25, -0.2) is 9.59 Å². The van der Waals surface area contributed by atoms with Crippen molar-refractivity contribution in [3.05, 3.63) is 23.5 Å². The minimum absolute atomic E-state index is 0.327. The van der Waals surface area contributed by atoms with Gasteiger partial charge in [0.25, 0.3) is 0 Å². The van der Waals surface area contributed by atoms with Crippen LogP contribution in [0.5, 0.6) is 0 Å². The van der Waals surface area contributed by atoms with Gasteiger partial charge in [-0.1, -0.05) is 0 Å². The van der Waals surface area contributed by atoms with E-state index >= 15 is 0 Å². The van der Waals surface area contributed by atoms with Crippen LogP contribution in [-0.2, 0) is 15.9 Å². The Hall–Kier alpha value is -1.98. The highest BCUT2D eigenvalue weighted by atomic mass is 16.6. The lowest BCUT2D eigenvalue weighted by atomic mass is 10.2. The summed E-state index contributed by atoms with van der Waals surface area (Å²) in [5, 5.41) is 2.65. The van der Waals surface area contributed by atoms with E-state index < -0.39 is 11.7 Å². The molecule has 2 N–H and O–H groups in total. The number of H-pyrrole nitrogens is 1. The zero-order valence-corrected chi connectivity index (χ0v) is 12.4. The lowest BCUT2D eigenvalue weighted by molar-refractivity contribution is 0.0516. The van der Waals surface area contributed by atoms with E-state index in [-0.39, 0.29) is 5.97 Å². The number of amides is 1. The van der Waals surface area contributed by atoms with Crippen molar-refractivity contribution in [2.75, 3.05) is 13.2 Å². The Morgan fingerprint density at radius 3 is 2.65 bits per heavy atom. The van der Waals surface area contributed by atoms with E-state index in [4.69, 9.17) is 9.47 Å². The van der Waals surface area contributed by atoms with Gasteiger partial charge in [0, 0.05) is 12.7 Å². The molecule has 0 radical (unpaired) electrons. The zero-order valence-electron chi connectivity index (χ0n) is 12.4. The van der Waals surface area contributed by atoms with Crippen LogP contribution in [-0.4, -0.2) is 35.8 Å². The number of aromatic amines is 1. The predicted octanol–water partition coefficient (Wildman–Crippen LogP) is 2.26. The zero-order chi connectivity index (χ0) is 15.2. The second kappa shape index (κ2) is 6.98. The fourth-order valence-electron chi connectivity index (χ4n) is 1.62. The number of hydrogen-bond donors (Lipinski definition) is 2. The molecule has 1 aromatic rings. The first kappa shape index (κ1) is 16.1. The maximum absolute atomic E-state index is 11.6. The highest BCUT2D eigenvalue weighted by Gasteiger charge is 2.17. The lowest BCUT2D eigenvalue weighted by Gasteiger charge is -2.19. The minimum Gasteiger partial charge on any atom is -0.461 e. The van der Waals surface area contributed by atoms with Crippen LogP contribution >= 0.6 is 0 Å². The van der Waals surface area contributed by atoms with Crippen molar-refractivity contribution in [1.82, 2.24) is 10.3 Å². The molecule has 0 aliphatic heterocycles. The number of nitrogens with one attached hydrogen (secondary N) is 2. The van der Waals surface area contributed by atoms with E-state index in [9.17, 15) is 9.59 Å². The van der Waals surface area contributed by atoms with Crippen molar-refractivity contribution in [2.24, 2.45) is 0 Å². The van der Waals surface area contributed by atoms with Crippen LogP contribution in [0.1, 0.15) is 43.7 Å². The SMILES string of the molecule is CCOC(=O)c1[nH]ccc1CCNC(=O)OC(C)(C)C. The molecule has 6 nitrogen and oxygen atoms in total. The summed E-state index contributed by atoms with van der Waals surface area (Å²) in [6.45, 7) is 7.88. The molecule has 20 heavy (non-hydrogen) atoms. The first-order chi connectivity index (χ1) is 9.33. The summed E-state index contributed by atoms with van der Waals surface area (Å²) >= 11 is 0. The van der Waals surface area contributed by atoms with E-state index in [0.717, 1.165) is 5.56 Å². The molecule has 1 aromatic heterocycles. The predicted molar refractivity (Wildman–Crippen MR) is 74.7 cm³/mol. The minimum atomic E-state index is -0.520. The summed E-state index contributed by atoms with van der Waals surface area (Å²) in [5.41, 5.74) is 0.714. The molecular formula is C14H22N2O4. The van der Waals surface area contributed by atoms with Crippen molar-refractivity contribution in [3.8, 4) is 0 Å². The van der Waals surface area contributed by atoms with E-state index in [1.807, 2.05) is 0 Å². The fraction of sp³-hybridized carbons (Fsp3) is 0.571. The van der Waals surface area contributed by atoms with Gasteiger partial charge in [-0.3, -0.25) is 0 Å². The maximum atomic E-state index is 11.6. The molecular weight excluding hydrogens is 260 g/mol. The van der Waals surface area contributed by atoms with Crippen LogP contribution in [0.4, 0.5) is 4.79 Å². The Kier molecular flexibility index (Phi) is 5.61. The van der Waals surface area contributed by atoms with Crippen LogP contribution in [0.25, 0.3) is 0 Å². The smallest absolute Gasteiger partial charge is 0.407 e. The average Bonchev–Trinajstić information content (AvgIpc) is 2.75. The van der Waals surface area contributed by atoms with E-state index in [2.05, 4.69) is 10.3 Å². The second-order valence-corrected chi connectivity index (χ2v) is 5.28. The number of carbonyl (C=O) groups is 2. The number of carbonyl (C=O) groups excluding carboxylic acids is 2. The van der Waals surface area contributed by atoms with Crippen molar-refractivity contribution in [2.45, 2.75) is 39.7 Å². The van der Waals surface area contributed by atoms with Gasteiger partial charge in [0.05, 0.1) is 6.61 Å². The van der Waals surface area contributed by atoms with E-state index in [1.165, 1.54) is 0 Å². The Balaban J connectivity index is 2.45. The number of hydrogen-bond acceptors (Lipinski definition) is 4. The third kappa shape index (κ3) is 5.34. The van der Waals surface area contributed by atoms with Crippen LogP contribution in [0, 0.1) is 0 Å². The van der Waals surface area contributed by atoms with Crippen molar-refractivity contribution in [1.29, 1.82) is 0 Å². The number of aromatic nitrogens is 1. The Morgan fingerprint density at radius 1 is 1.35 bits per heavy atom. The van der Waals surface area contributed by atoms with Gasteiger partial charge in [-0.05, 0) is 45.7 Å². The molecule has 112 valence electrons. The first-order valence-corrected chi connectivity index (χ1v) is 6.63. The number of esters is 1. The molecule has 6 heteroatoms. The molecule has 0 unspecified atom stereocenters. The average molecular weight is 282 g/mol. The molecule has 1 amide bonds. The van der Waals surface area contributed by atoms with Gasteiger partial charge in [0.2, 0.25) is 0 Å². The molecule has 1 rings (SSSR count). The van der Waals surface area contributed by atoms with Gasteiger partial charge in [-0.15, -0.1) is 0 Å².